The maximum atomic E-state index is 12.3. The van der Waals surface area contributed by atoms with Crippen LogP contribution in [0.25, 0.3) is 0 Å². The minimum atomic E-state index is -0.907. The minimum Gasteiger partial charge on any atom is -0.354 e. The molecule has 0 aliphatic rings. The fraction of sp³-hybridized carbons (Fsp3) is 0.975. The molecule has 0 rings (SSSR count). The Morgan fingerprint density at radius 3 is 0.814 bits per heavy atom. The molecule has 0 aromatic rings. The van der Waals surface area contributed by atoms with Crippen molar-refractivity contribution in [2.24, 2.45) is 0 Å². The molecule has 43 heavy (non-hydrogen) atoms. The second kappa shape index (κ2) is 36.5. The van der Waals surface area contributed by atoms with E-state index in [1.165, 1.54) is 218 Å². The first-order valence-corrected chi connectivity index (χ1v) is 21.3. The normalized spacial score (nSPS) is 12.4. The van der Waals surface area contributed by atoms with E-state index in [2.05, 4.69) is 13.8 Å². The second-order valence-corrected chi connectivity index (χ2v) is 16.2. The van der Waals surface area contributed by atoms with Gasteiger partial charge in [0.2, 0.25) is 0 Å². The molecule has 0 aromatic carbocycles. The van der Waals surface area contributed by atoms with Gasteiger partial charge in [0.25, 0.3) is 0 Å². The first-order chi connectivity index (χ1) is 21.2. The Morgan fingerprint density at radius 1 is 0.419 bits per heavy atom. The van der Waals surface area contributed by atoms with Crippen LogP contribution in [-0.2, 0) is 9.32 Å². The average Bonchev–Trinajstić information content (AvgIpc) is 3.00. The van der Waals surface area contributed by atoms with E-state index < -0.39 is 8.15 Å². The average molecular weight is 625 g/mol. The summed E-state index contributed by atoms with van der Waals surface area (Å²) in [6, 6.07) is 0. The van der Waals surface area contributed by atoms with Crippen molar-refractivity contribution in [1.29, 1.82) is 0 Å². The molecule has 258 valence electrons. The Kier molecular flexibility index (Phi) is 36.6. The third-order valence-electron chi connectivity index (χ3n) is 9.62. The molecule has 0 saturated heterocycles. The number of unbranched alkanes of at least 4 members (excludes halogenated alkanes) is 30. The van der Waals surface area contributed by atoms with Crippen LogP contribution in [0.1, 0.15) is 239 Å². The molecule has 0 heterocycles. The van der Waals surface area contributed by atoms with Crippen molar-refractivity contribution < 1.29 is 9.32 Å². The van der Waals surface area contributed by atoms with Crippen LogP contribution in [0.4, 0.5) is 0 Å². The number of hydrogen-bond acceptors (Lipinski definition) is 2. The van der Waals surface area contributed by atoms with Crippen molar-refractivity contribution in [3.63, 3.8) is 0 Å². The SMILES string of the molecule is CCCCCCCCCCCCCCCCCCC(CCCCCCCCCCCCCCCCCC)P(OC)C(C)=O. The highest BCUT2D eigenvalue weighted by Crippen LogP contribution is 2.47. The Morgan fingerprint density at radius 2 is 0.628 bits per heavy atom. The lowest BCUT2D eigenvalue weighted by atomic mass is 10.0. The fourth-order valence-corrected chi connectivity index (χ4v) is 8.67. The zero-order chi connectivity index (χ0) is 31.5. The highest BCUT2D eigenvalue weighted by atomic mass is 31.1. The van der Waals surface area contributed by atoms with Gasteiger partial charge in [0.1, 0.15) is 8.15 Å². The van der Waals surface area contributed by atoms with E-state index in [9.17, 15) is 4.79 Å². The Balaban J connectivity index is 3.70. The summed E-state index contributed by atoms with van der Waals surface area (Å²) in [5, 5.41) is 0. The van der Waals surface area contributed by atoms with Gasteiger partial charge in [0.05, 0.1) is 0 Å². The van der Waals surface area contributed by atoms with E-state index in [1.54, 1.807) is 14.0 Å². The largest absolute Gasteiger partial charge is 0.354 e. The molecule has 0 N–H and O–H groups in total. The second-order valence-electron chi connectivity index (χ2n) is 13.9. The predicted octanol–water partition coefficient (Wildman–Crippen LogP) is 15.2. The van der Waals surface area contributed by atoms with Gasteiger partial charge in [-0.3, -0.25) is 4.79 Å². The molecule has 0 radical (unpaired) electrons. The summed E-state index contributed by atoms with van der Waals surface area (Å²) in [4.78, 5) is 12.3. The van der Waals surface area contributed by atoms with Gasteiger partial charge in [-0.25, -0.2) is 0 Å². The topological polar surface area (TPSA) is 26.3 Å². The van der Waals surface area contributed by atoms with Gasteiger partial charge in [-0.05, 0) is 12.8 Å². The monoisotopic (exact) mass is 625 g/mol. The predicted molar refractivity (Wildman–Crippen MR) is 197 cm³/mol. The highest BCUT2D eigenvalue weighted by Gasteiger charge is 2.25. The molecule has 2 nitrogen and oxygen atoms in total. The minimum absolute atomic E-state index is 0.287. The molecule has 1 atom stereocenters. The molecule has 0 aromatic heterocycles. The Bertz CT molecular complexity index is 501. The van der Waals surface area contributed by atoms with E-state index in [0.717, 1.165) is 0 Å². The molecule has 0 amide bonds. The number of carbonyl (C=O) groups excluding carboxylic acids is 1. The summed E-state index contributed by atoms with van der Waals surface area (Å²) >= 11 is 0. The van der Waals surface area contributed by atoms with E-state index in [4.69, 9.17) is 4.52 Å². The van der Waals surface area contributed by atoms with Gasteiger partial charge in [0, 0.05) is 19.7 Å². The summed E-state index contributed by atoms with van der Waals surface area (Å²) in [5.74, 6) is 0. The summed E-state index contributed by atoms with van der Waals surface area (Å²) in [7, 11) is 0.858. The number of rotatable bonds is 37. The maximum absolute atomic E-state index is 12.3. The first-order valence-electron chi connectivity index (χ1n) is 20.0. The van der Waals surface area contributed by atoms with Crippen LogP contribution in [0.15, 0.2) is 0 Å². The van der Waals surface area contributed by atoms with Crippen LogP contribution in [-0.4, -0.2) is 18.3 Å². The van der Waals surface area contributed by atoms with Crippen molar-refractivity contribution in [1.82, 2.24) is 0 Å². The van der Waals surface area contributed by atoms with E-state index in [0.29, 0.717) is 5.66 Å². The number of carbonyl (C=O) groups is 1. The van der Waals surface area contributed by atoms with Crippen LogP contribution in [0.2, 0.25) is 0 Å². The summed E-state index contributed by atoms with van der Waals surface area (Å²) < 4.78 is 5.75. The zero-order valence-corrected chi connectivity index (χ0v) is 31.3. The lowest BCUT2D eigenvalue weighted by Gasteiger charge is -2.23. The van der Waals surface area contributed by atoms with Gasteiger partial charge in [-0.1, -0.05) is 219 Å². The molecule has 0 fully saturated rings. The number of hydrogen-bond donors (Lipinski definition) is 0. The van der Waals surface area contributed by atoms with Gasteiger partial charge in [0.15, 0.2) is 5.52 Å². The van der Waals surface area contributed by atoms with Crippen molar-refractivity contribution in [3.8, 4) is 0 Å². The third kappa shape index (κ3) is 31.8. The van der Waals surface area contributed by atoms with Crippen LogP contribution >= 0.6 is 8.15 Å². The van der Waals surface area contributed by atoms with E-state index >= 15 is 0 Å². The smallest absolute Gasteiger partial charge is 0.178 e. The Labute approximate surface area is 274 Å². The third-order valence-corrected chi connectivity index (χ3v) is 11.8. The molecular formula is C40H81O2P. The zero-order valence-electron chi connectivity index (χ0n) is 30.4. The quantitative estimate of drug-likeness (QED) is 0.0508. The molecule has 0 aliphatic heterocycles. The van der Waals surface area contributed by atoms with Crippen molar-refractivity contribution in [2.45, 2.75) is 245 Å². The molecule has 3 heteroatoms. The van der Waals surface area contributed by atoms with E-state index in [-0.39, 0.29) is 5.52 Å². The fourth-order valence-electron chi connectivity index (χ4n) is 6.77. The van der Waals surface area contributed by atoms with Crippen molar-refractivity contribution in [3.05, 3.63) is 0 Å². The lowest BCUT2D eigenvalue weighted by molar-refractivity contribution is -0.110. The van der Waals surface area contributed by atoms with Crippen LogP contribution in [0.5, 0.6) is 0 Å². The maximum Gasteiger partial charge on any atom is 0.178 e. The van der Waals surface area contributed by atoms with Crippen LogP contribution < -0.4 is 0 Å². The van der Waals surface area contributed by atoms with Crippen molar-refractivity contribution >= 4 is 13.7 Å². The van der Waals surface area contributed by atoms with Crippen molar-refractivity contribution in [2.75, 3.05) is 7.11 Å². The van der Waals surface area contributed by atoms with Gasteiger partial charge in [-0.15, -0.1) is 0 Å². The summed E-state index contributed by atoms with van der Waals surface area (Å²) in [5.41, 5.74) is 0.770. The van der Waals surface area contributed by atoms with Crippen LogP contribution in [0, 0.1) is 0 Å². The first kappa shape index (κ1) is 43.1. The molecule has 1 unspecified atom stereocenters. The summed E-state index contributed by atoms with van der Waals surface area (Å²) in [6.07, 6.45) is 47.6. The van der Waals surface area contributed by atoms with Crippen LogP contribution in [0.3, 0.4) is 0 Å². The van der Waals surface area contributed by atoms with E-state index in [1.807, 2.05) is 0 Å². The highest BCUT2D eigenvalue weighted by molar-refractivity contribution is 7.71. The van der Waals surface area contributed by atoms with Gasteiger partial charge >= 0.3 is 0 Å². The molecule has 0 saturated carbocycles. The molecule has 0 bridgehead atoms. The lowest BCUT2D eigenvalue weighted by Crippen LogP contribution is -2.11. The van der Waals surface area contributed by atoms with Gasteiger partial charge in [-0.2, -0.15) is 0 Å². The standard InChI is InChI=1S/C40H81O2P/c1-5-7-9-11-13-15-17-19-21-23-25-27-29-31-33-35-37-40(43(42-4)39(3)41)38-36-34-32-30-28-26-24-22-20-18-16-14-12-10-8-6-2/h40H,5-38H2,1-4H3. The summed E-state index contributed by atoms with van der Waals surface area (Å²) in [6.45, 7) is 6.35. The molecular weight excluding hydrogens is 543 g/mol. The molecule has 0 spiro atoms. The Hall–Kier alpha value is 0.0600. The molecule has 0 aliphatic carbocycles. The van der Waals surface area contributed by atoms with Gasteiger partial charge < -0.3 is 4.52 Å².